The first-order chi connectivity index (χ1) is 27.0. The van der Waals surface area contributed by atoms with Gasteiger partial charge in [0.1, 0.15) is 0 Å². The second-order valence-electron chi connectivity index (χ2n) is 15.7. The Morgan fingerprint density at radius 2 is 0.745 bits per heavy atom. The summed E-state index contributed by atoms with van der Waals surface area (Å²) in [4.78, 5) is 0. The summed E-state index contributed by atoms with van der Waals surface area (Å²) in [5.74, 6) is 0. The van der Waals surface area contributed by atoms with Gasteiger partial charge in [-0.05, 0) is 134 Å². The quantitative estimate of drug-likeness (QED) is 0.161. The van der Waals surface area contributed by atoms with E-state index in [9.17, 15) is 0 Å². The Bertz CT molecular complexity index is 3100. The molecule has 0 unspecified atom stereocenters. The van der Waals surface area contributed by atoms with Gasteiger partial charge in [-0.3, -0.25) is 0 Å². The smallest absolute Gasteiger partial charge is 0.0159 e. The Morgan fingerprint density at radius 1 is 0.273 bits per heavy atom. The van der Waals surface area contributed by atoms with Crippen LogP contribution in [0.3, 0.4) is 0 Å². The van der Waals surface area contributed by atoms with E-state index >= 15 is 0 Å². The molecule has 0 saturated heterocycles. The normalized spacial score (nSPS) is 13.1. The lowest BCUT2D eigenvalue weighted by molar-refractivity contribution is 0.661. The summed E-state index contributed by atoms with van der Waals surface area (Å²) in [5, 5.41) is 10.2. The molecule has 0 fully saturated rings. The Labute approximate surface area is 322 Å². The van der Waals surface area contributed by atoms with E-state index in [2.05, 4.69) is 208 Å². The summed E-state index contributed by atoms with van der Waals surface area (Å²) >= 11 is 0. The van der Waals surface area contributed by atoms with Gasteiger partial charge in [-0.15, -0.1) is 0 Å². The zero-order chi connectivity index (χ0) is 36.7. The van der Waals surface area contributed by atoms with Crippen LogP contribution in [-0.4, -0.2) is 0 Å². The van der Waals surface area contributed by atoms with E-state index in [1.54, 1.807) is 0 Å². The van der Waals surface area contributed by atoms with Gasteiger partial charge >= 0.3 is 0 Å². The van der Waals surface area contributed by atoms with E-state index in [0.717, 1.165) is 0 Å². The highest BCUT2D eigenvalue weighted by Crippen LogP contribution is 2.51. The van der Waals surface area contributed by atoms with Gasteiger partial charge in [0.2, 0.25) is 0 Å². The summed E-state index contributed by atoms with van der Waals surface area (Å²) in [6.45, 7) is 4.76. The number of hydrogen-bond donors (Lipinski definition) is 0. The average molecular weight is 699 g/mol. The minimum Gasteiger partial charge on any atom is -0.0616 e. The molecule has 1 aliphatic rings. The number of fused-ring (bicyclic) bond motifs is 7. The van der Waals surface area contributed by atoms with Gasteiger partial charge in [0.25, 0.3) is 0 Å². The van der Waals surface area contributed by atoms with Gasteiger partial charge in [-0.2, -0.15) is 0 Å². The van der Waals surface area contributed by atoms with Crippen molar-refractivity contribution in [1.82, 2.24) is 0 Å². The zero-order valence-electron chi connectivity index (χ0n) is 31.0. The maximum absolute atomic E-state index is 2.44. The molecule has 0 N–H and O–H groups in total. The first-order valence-electron chi connectivity index (χ1n) is 19.3. The third-order valence-electron chi connectivity index (χ3n) is 12.2. The second kappa shape index (κ2) is 12.1. The summed E-state index contributed by atoms with van der Waals surface area (Å²) in [7, 11) is 0. The van der Waals surface area contributed by atoms with Crippen LogP contribution in [0, 0.1) is 0 Å². The van der Waals surface area contributed by atoms with Crippen LogP contribution in [-0.2, 0) is 5.41 Å². The van der Waals surface area contributed by atoms with Crippen LogP contribution in [0.1, 0.15) is 25.0 Å². The summed E-state index contributed by atoms with van der Waals surface area (Å²) in [6.07, 6.45) is 0. The van der Waals surface area contributed by atoms with E-state index < -0.39 is 0 Å². The highest BCUT2D eigenvalue weighted by atomic mass is 14.4. The van der Waals surface area contributed by atoms with E-state index in [1.165, 1.54) is 110 Å². The standard InChI is InChI=1S/C55H38/c1-55(2)51-34-41(29-30-45(51)50-32-39-14-3-4-15-40(39)33-52(50)55)38-17-11-18-42(31-38)54-48-22-9-7-20-46(48)53(47-21-8-10-23-49(47)54)37-27-25-36(26-28-37)44-24-12-16-35-13-5-6-19-43(35)44/h3-34H,1-2H3. The van der Waals surface area contributed by atoms with Gasteiger partial charge in [0.15, 0.2) is 0 Å². The van der Waals surface area contributed by atoms with Crippen molar-refractivity contribution in [3.63, 3.8) is 0 Å². The lowest BCUT2D eigenvalue weighted by Crippen LogP contribution is -2.15. The van der Waals surface area contributed by atoms with Crippen LogP contribution < -0.4 is 0 Å². The molecule has 55 heavy (non-hydrogen) atoms. The molecular formula is C55H38. The highest BCUT2D eigenvalue weighted by molar-refractivity contribution is 6.21. The van der Waals surface area contributed by atoms with Crippen molar-refractivity contribution < 1.29 is 0 Å². The van der Waals surface area contributed by atoms with Crippen LogP contribution in [0.2, 0.25) is 0 Å². The molecule has 0 amide bonds. The molecule has 10 aromatic rings. The van der Waals surface area contributed by atoms with Crippen molar-refractivity contribution in [1.29, 1.82) is 0 Å². The predicted octanol–water partition coefficient (Wildman–Crippen LogP) is 15.3. The molecule has 0 aromatic heterocycles. The van der Waals surface area contributed by atoms with Gasteiger partial charge in [-0.25, -0.2) is 0 Å². The van der Waals surface area contributed by atoms with Gasteiger partial charge < -0.3 is 0 Å². The monoisotopic (exact) mass is 698 g/mol. The van der Waals surface area contributed by atoms with Crippen molar-refractivity contribution >= 4 is 43.1 Å². The van der Waals surface area contributed by atoms with Crippen molar-refractivity contribution in [3.8, 4) is 55.6 Å². The molecule has 11 rings (SSSR count). The molecule has 10 aromatic carbocycles. The summed E-state index contributed by atoms with van der Waals surface area (Å²) in [6, 6.07) is 72.2. The molecule has 0 aliphatic heterocycles. The lowest BCUT2D eigenvalue weighted by atomic mass is 9.81. The molecule has 0 atom stereocenters. The highest BCUT2D eigenvalue weighted by Gasteiger charge is 2.36. The Balaban J connectivity index is 1.04. The largest absolute Gasteiger partial charge is 0.0616 e. The first-order valence-corrected chi connectivity index (χ1v) is 19.3. The number of rotatable bonds is 4. The molecule has 0 spiro atoms. The van der Waals surface area contributed by atoms with Crippen molar-refractivity contribution in [2.75, 3.05) is 0 Å². The predicted molar refractivity (Wildman–Crippen MR) is 236 cm³/mol. The maximum atomic E-state index is 2.44. The Morgan fingerprint density at radius 3 is 1.44 bits per heavy atom. The van der Waals surface area contributed by atoms with Crippen molar-refractivity contribution in [2.45, 2.75) is 19.3 Å². The SMILES string of the molecule is CC1(C)c2cc(-c3cccc(-c4c5ccccc5c(-c5ccc(-c6cccc7ccccc67)cc5)c5ccccc45)c3)ccc2-c2cc3ccccc3cc21. The van der Waals surface area contributed by atoms with Crippen molar-refractivity contribution in [2.24, 2.45) is 0 Å². The number of benzene rings is 10. The molecule has 0 heterocycles. The first kappa shape index (κ1) is 31.7. The van der Waals surface area contributed by atoms with Gasteiger partial charge in [-0.1, -0.05) is 184 Å². The third kappa shape index (κ3) is 4.92. The summed E-state index contributed by atoms with van der Waals surface area (Å²) < 4.78 is 0. The third-order valence-corrected chi connectivity index (χ3v) is 12.2. The van der Waals surface area contributed by atoms with Crippen LogP contribution in [0.5, 0.6) is 0 Å². The van der Waals surface area contributed by atoms with E-state index in [-0.39, 0.29) is 5.41 Å². The zero-order valence-corrected chi connectivity index (χ0v) is 31.0. The van der Waals surface area contributed by atoms with Crippen LogP contribution >= 0.6 is 0 Å². The molecule has 0 heteroatoms. The average Bonchev–Trinajstić information content (AvgIpc) is 3.46. The van der Waals surface area contributed by atoms with Crippen LogP contribution in [0.15, 0.2) is 194 Å². The van der Waals surface area contributed by atoms with Crippen molar-refractivity contribution in [3.05, 3.63) is 205 Å². The number of hydrogen-bond acceptors (Lipinski definition) is 0. The fourth-order valence-corrected chi connectivity index (χ4v) is 9.50. The fourth-order valence-electron chi connectivity index (χ4n) is 9.50. The van der Waals surface area contributed by atoms with E-state index in [1.807, 2.05) is 0 Å². The molecule has 0 saturated carbocycles. The molecule has 1 aliphatic carbocycles. The molecular weight excluding hydrogens is 661 g/mol. The molecule has 258 valence electrons. The van der Waals surface area contributed by atoms with Crippen LogP contribution in [0.25, 0.3) is 98.7 Å². The molecule has 0 bridgehead atoms. The van der Waals surface area contributed by atoms with E-state index in [4.69, 9.17) is 0 Å². The van der Waals surface area contributed by atoms with E-state index in [0.29, 0.717) is 0 Å². The van der Waals surface area contributed by atoms with Gasteiger partial charge in [0, 0.05) is 5.41 Å². The minimum atomic E-state index is -0.0857. The lowest BCUT2D eigenvalue weighted by Gasteiger charge is -2.22. The fraction of sp³-hybridized carbons (Fsp3) is 0.0545. The molecule has 0 nitrogen and oxygen atoms in total. The molecule has 0 radical (unpaired) electrons. The van der Waals surface area contributed by atoms with Crippen LogP contribution in [0.4, 0.5) is 0 Å². The second-order valence-corrected chi connectivity index (χ2v) is 15.7. The van der Waals surface area contributed by atoms with Gasteiger partial charge in [0.05, 0.1) is 0 Å². The topological polar surface area (TPSA) is 0 Å². The minimum absolute atomic E-state index is 0.0857. The Kier molecular flexibility index (Phi) is 7.00. The Hall–Kier alpha value is -6.76. The summed E-state index contributed by atoms with van der Waals surface area (Å²) in [5.41, 5.74) is 15.4. The maximum Gasteiger partial charge on any atom is 0.0159 e.